The highest BCUT2D eigenvalue weighted by molar-refractivity contribution is 5.93. The van der Waals surface area contributed by atoms with Gasteiger partial charge in [-0.05, 0) is 58.1 Å². The van der Waals surface area contributed by atoms with Crippen molar-refractivity contribution < 1.29 is 9.53 Å². The molecule has 1 fully saturated rings. The van der Waals surface area contributed by atoms with Crippen LogP contribution < -0.4 is 15.5 Å². The van der Waals surface area contributed by atoms with Crippen molar-refractivity contribution in [3.05, 3.63) is 35.9 Å². The molecule has 5 heteroatoms. The molecule has 1 heterocycles. The van der Waals surface area contributed by atoms with E-state index in [4.69, 9.17) is 4.74 Å². The fourth-order valence-electron chi connectivity index (χ4n) is 3.86. The number of hydrogen-bond donors (Lipinski definition) is 2. The predicted molar refractivity (Wildman–Crippen MR) is 107 cm³/mol. The van der Waals surface area contributed by atoms with Gasteiger partial charge in [0.05, 0.1) is 23.6 Å². The molecule has 2 aliphatic rings. The summed E-state index contributed by atoms with van der Waals surface area (Å²) in [5.74, 6) is 0. The van der Waals surface area contributed by atoms with E-state index >= 15 is 0 Å². The Kier molecular flexibility index (Phi) is 6.56. The number of rotatable bonds is 5. The summed E-state index contributed by atoms with van der Waals surface area (Å²) in [5.41, 5.74) is 3.39. The summed E-state index contributed by atoms with van der Waals surface area (Å²) < 4.78 is 5.82. The maximum Gasteiger partial charge on any atom is 0.319 e. The lowest BCUT2D eigenvalue weighted by Crippen LogP contribution is -2.45. The zero-order chi connectivity index (χ0) is 18.4. The molecule has 2 amide bonds. The van der Waals surface area contributed by atoms with E-state index in [9.17, 15) is 4.79 Å². The molecule has 142 valence electrons. The maximum absolute atomic E-state index is 12.3. The van der Waals surface area contributed by atoms with Crippen molar-refractivity contribution in [1.29, 1.82) is 0 Å². The summed E-state index contributed by atoms with van der Waals surface area (Å²) >= 11 is 0. The Morgan fingerprint density at radius 2 is 1.96 bits per heavy atom. The molecule has 0 radical (unpaired) electrons. The quantitative estimate of drug-likeness (QED) is 0.772. The molecule has 1 aliphatic heterocycles. The molecule has 1 aromatic carbocycles. The van der Waals surface area contributed by atoms with Gasteiger partial charge in [0.1, 0.15) is 0 Å². The highest BCUT2D eigenvalue weighted by atomic mass is 16.5. The third-order valence-electron chi connectivity index (χ3n) is 5.03. The Hall–Kier alpha value is -2.01. The molecule has 3 rings (SSSR count). The topological polar surface area (TPSA) is 53.6 Å². The first-order chi connectivity index (χ1) is 12.6. The fourth-order valence-corrected chi connectivity index (χ4v) is 3.86. The second-order valence-corrected chi connectivity index (χ2v) is 7.42. The highest BCUT2D eigenvalue weighted by Crippen LogP contribution is 2.28. The van der Waals surface area contributed by atoms with Gasteiger partial charge in [-0.25, -0.2) is 4.79 Å². The number of morpholine rings is 1. The van der Waals surface area contributed by atoms with Gasteiger partial charge in [-0.2, -0.15) is 0 Å². The van der Waals surface area contributed by atoms with Crippen LogP contribution in [0.25, 0.3) is 0 Å². The van der Waals surface area contributed by atoms with E-state index in [-0.39, 0.29) is 18.2 Å². The number of urea groups is 1. The number of benzene rings is 1. The van der Waals surface area contributed by atoms with Crippen molar-refractivity contribution in [2.45, 2.75) is 58.2 Å². The van der Waals surface area contributed by atoms with E-state index < -0.39 is 0 Å². The Morgan fingerprint density at radius 1 is 1.19 bits per heavy atom. The predicted octanol–water partition coefficient (Wildman–Crippen LogP) is 4.31. The van der Waals surface area contributed by atoms with E-state index in [1.54, 1.807) is 0 Å². The van der Waals surface area contributed by atoms with Gasteiger partial charge in [-0.1, -0.05) is 23.8 Å². The van der Waals surface area contributed by atoms with Crippen molar-refractivity contribution in [2.24, 2.45) is 0 Å². The Balaban J connectivity index is 1.55. The Bertz CT molecular complexity index is 634. The lowest BCUT2D eigenvalue weighted by Gasteiger charge is -2.37. The number of hydrogen-bond acceptors (Lipinski definition) is 3. The average Bonchev–Trinajstić information content (AvgIpc) is 2.62. The van der Waals surface area contributed by atoms with Crippen molar-refractivity contribution in [3.8, 4) is 0 Å². The standard InChI is InChI=1S/C21H31N3O2/c1-16-14-24(15-17(2)26-16)20-11-7-6-10-19(20)23-21(25)22-13-12-18-8-4-3-5-9-18/h6-8,10-11,16-17H,3-5,9,12-15H2,1-2H3,(H2,22,23,25). The fraction of sp³-hybridized carbons (Fsp3) is 0.571. The molecule has 2 atom stereocenters. The number of anilines is 2. The zero-order valence-electron chi connectivity index (χ0n) is 16.0. The maximum atomic E-state index is 12.3. The number of carbonyl (C=O) groups excluding carboxylic acids is 1. The number of amides is 2. The van der Waals surface area contributed by atoms with E-state index in [2.05, 4.69) is 41.5 Å². The third kappa shape index (κ3) is 5.24. The van der Waals surface area contributed by atoms with Crippen LogP contribution in [0.4, 0.5) is 16.2 Å². The van der Waals surface area contributed by atoms with E-state index in [1.807, 2.05) is 18.2 Å². The van der Waals surface area contributed by atoms with Crippen molar-refractivity contribution in [3.63, 3.8) is 0 Å². The summed E-state index contributed by atoms with van der Waals surface area (Å²) in [6, 6.07) is 7.86. The van der Waals surface area contributed by atoms with Gasteiger partial charge >= 0.3 is 6.03 Å². The lowest BCUT2D eigenvalue weighted by molar-refractivity contribution is -0.00517. The van der Waals surface area contributed by atoms with Crippen LogP contribution in [-0.2, 0) is 4.74 Å². The summed E-state index contributed by atoms with van der Waals surface area (Å²) in [7, 11) is 0. The van der Waals surface area contributed by atoms with Gasteiger partial charge in [0.2, 0.25) is 0 Å². The second kappa shape index (κ2) is 9.08. The average molecular weight is 357 g/mol. The molecule has 5 nitrogen and oxygen atoms in total. The summed E-state index contributed by atoms with van der Waals surface area (Å²) in [4.78, 5) is 14.6. The molecule has 0 bridgehead atoms. The van der Waals surface area contributed by atoms with Crippen LogP contribution in [0.1, 0.15) is 46.0 Å². The first-order valence-corrected chi connectivity index (χ1v) is 9.84. The van der Waals surface area contributed by atoms with Crippen molar-refractivity contribution in [1.82, 2.24) is 5.32 Å². The lowest BCUT2D eigenvalue weighted by atomic mass is 9.97. The van der Waals surface area contributed by atoms with E-state index in [1.165, 1.54) is 31.3 Å². The van der Waals surface area contributed by atoms with Gasteiger partial charge in [-0.15, -0.1) is 0 Å². The minimum absolute atomic E-state index is 0.136. The largest absolute Gasteiger partial charge is 0.372 e. The van der Waals surface area contributed by atoms with Crippen LogP contribution >= 0.6 is 0 Å². The number of allylic oxidation sites excluding steroid dienone is 1. The van der Waals surface area contributed by atoms with Gasteiger partial charge in [-0.3, -0.25) is 0 Å². The van der Waals surface area contributed by atoms with Crippen LogP contribution in [0.15, 0.2) is 35.9 Å². The molecule has 0 aromatic heterocycles. The molecule has 1 aliphatic carbocycles. The summed E-state index contributed by atoms with van der Waals surface area (Å²) in [6.45, 7) is 6.53. The number of para-hydroxylation sites is 2. The number of nitrogens with zero attached hydrogens (tertiary/aromatic N) is 1. The molecule has 26 heavy (non-hydrogen) atoms. The number of carbonyl (C=O) groups is 1. The first-order valence-electron chi connectivity index (χ1n) is 9.84. The normalized spacial score (nSPS) is 23.3. The molecular weight excluding hydrogens is 326 g/mol. The van der Waals surface area contributed by atoms with Gasteiger partial charge in [0.15, 0.2) is 0 Å². The monoisotopic (exact) mass is 357 g/mol. The highest BCUT2D eigenvalue weighted by Gasteiger charge is 2.24. The minimum Gasteiger partial charge on any atom is -0.372 e. The molecule has 0 saturated carbocycles. The summed E-state index contributed by atoms with van der Waals surface area (Å²) in [6.07, 6.45) is 8.60. The van der Waals surface area contributed by atoms with Crippen LogP contribution in [0.2, 0.25) is 0 Å². The molecule has 0 spiro atoms. The zero-order valence-corrected chi connectivity index (χ0v) is 16.0. The van der Waals surface area contributed by atoms with E-state index in [0.29, 0.717) is 6.54 Å². The van der Waals surface area contributed by atoms with Crippen molar-refractivity contribution >= 4 is 17.4 Å². The SMILES string of the molecule is CC1CN(c2ccccc2NC(=O)NCCC2=CCCCC2)CC(C)O1. The van der Waals surface area contributed by atoms with Crippen LogP contribution in [0.3, 0.4) is 0 Å². The molecule has 1 aromatic rings. The van der Waals surface area contributed by atoms with Gasteiger partial charge in [0, 0.05) is 19.6 Å². The second-order valence-electron chi connectivity index (χ2n) is 7.42. The number of ether oxygens (including phenoxy) is 1. The minimum atomic E-state index is -0.136. The smallest absolute Gasteiger partial charge is 0.319 e. The Morgan fingerprint density at radius 3 is 2.69 bits per heavy atom. The van der Waals surface area contributed by atoms with Crippen LogP contribution in [-0.4, -0.2) is 37.9 Å². The van der Waals surface area contributed by atoms with Crippen LogP contribution in [0.5, 0.6) is 0 Å². The molecular formula is C21H31N3O2. The van der Waals surface area contributed by atoms with Crippen molar-refractivity contribution in [2.75, 3.05) is 29.9 Å². The molecule has 2 N–H and O–H groups in total. The van der Waals surface area contributed by atoms with Crippen LogP contribution in [0, 0.1) is 0 Å². The first kappa shape index (κ1) is 18.8. The summed E-state index contributed by atoms with van der Waals surface area (Å²) in [5, 5.41) is 6.02. The third-order valence-corrected chi connectivity index (χ3v) is 5.03. The number of nitrogens with one attached hydrogen (secondary N) is 2. The molecule has 1 saturated heterocycles. The van der Waals surface area contributed by atoms with Gasteiger partial charge in [0.25, 0.3) is 0 Å². The molecule has 2 unspecified atom stereocenters. The van der Waals surface area contributed by atoms with Gasteiger partial charge < -0.3 is 20.3 Å². The Labute approximate surface area is 156 Å². The van der Waals surface area contributed by atoms with E-state index in [0.717, 1.165) is 30.9 Å².